The van der Waals surface area contributed by atoms with Gasteiger partial charge in [0.2, 0.25) is 0 Å². The number of ether oxygens (including phenoxy) is 1. The number of hydrogen-bond acceptors (Lipinski definition) is 3. The zero-order chi connectivity index (χ0) is 17.6. The van der Waals surface area contributed by atoms with Crippen molar-refractivity contribution in [1.82, 2.24) is 9.80 Å². The second-order valence-corrected chi connectivity index (χ2v) is 5.68. The minimum Gasteiger partial charge on any atom is -0.385 e. The van der Waals surface area contributed by atoms with Crippen molar-refractivity contribution in [2.24, 2.45) is 0 Å². The molecule has 1 N–H and O–H groups in total. The van der Waals surface area contributed by atoms with E-state index in [1.54, 1.807) is 12.0 Å². The van der Waals surface area contributed by atoms with E-state index in [0.717, 1.165) is 38.2 Å². The number of hydrogen-bond donors (Lipinski definition) is 1. The Morgan fingerprint density at radius 1 is 1.25 bits per heavy atom. The maximum absolute atomic E-state index is 12.7. The molecule has 0 bridgehead atoms. The Morgan fingerprint density at radius 2 is 1.96 bits per heavy atom. The minimum absolute atomic E-state index is 0.150. The van der Waals surface area contributed by atoms with Crippen LogP contribution in [0.25, 0.3) is 0 Å². The fraction of sp³-hybridized carbons (Fsp3) is 0.562. The highest BCUT2D eigenvalue weighted by Gasteiger charge is 2.30. The third kappa shape index (κ3) is 5.38. The van der Waals surface area contributed by atoms with E-state index in [-0.39, 0.29) is 11.7 Å². The number of benzene rings is 1. The molecule has 1 aliphatic rings. The summed E-state index contributed by atoms with van der Waals surface area (Å²) in [5.41, 5.74) is -0.624. The van der Waals surface area contributed by atoms with Crippen molar-refractivity contribution >= 4 is 11.7 Å². The molecule has 8 heteroatoms. The zero-order valence-corrected chi connectivity index (χ0v) is 13.6. The molecule has 24 heavy (non-hydrogen) atoms. The Hall–Kier alpha value is -1.80. The van der Waals surface area contributed by atoms with Gasteiger partial charge < -0.3 is 15.0 Å². The molecule has 0 aliphatic carbocycles. The lowest BCUT2D eigenvalue weighted by Gasteiger charge is -2.34. The Labute approximate surface area is 139 Å². The zero-order valence-electron chi connectivity index (χ0n) is 13.6. The number of amides is 2. The third-order valence-electron chi connectivity index (χ3n) is 3.92. The summed E-state index contributed by atoms with van der Waals surface area (Å²) in [7, 11) is 1.66. The largest absolute Gasteiger partial charge is 0.416 e. The van der Waals surface area contributed by atoms with E-state index in [9.17, 15) is 18.0 Å². The average molecular weight is 345 g/mol. The van der Waals surface area contributed by atoms with Crippen LogP contribution < -0.4 is 5.32 Å². The number of carbonyl (C=O) groups excluding carboxylic acids is 1. The molecule has 2 rings (SSSR count). The SMILES string of the molecule is COCCCN1CCN(C(=O)Nc2cccc(C(F)(F)F)c2)CC1. The van der Waals surface area contributed by atoms with E-state index in [2.05, 4.69) is 10.2 Å². The fourth-order valence-corrected chi connectivity index (χ4v) is 2.58. The summed E-state index contributed by atoms with van der Waals surface area (Å²) < 4.78 is 43.1. The number of methoxy groups -OCH3 is 1. The Bertz CT molecular complexity index is 544. The van der Waals surface area contributed by atoms with E-state index in [0.29, 0.717) is 19.7 Å². The lowest BCUT2D eigenvalue weighted by atomic mass is 10.2. The highest BCUT2D eigenvalue weighted by Crippen LogP contribution is 2.30. The summed E-state index contributed by atoms with van der Waals surface area (Å²) in [6.45, 7) is 4.22. The van der Waals surface area contributed by atoms with Gasteiger partial charge in [0.15, 0.2) is 0 Å². The van der Waals surface area contributed by atoms with Gasteiger partial charge in [0, 0.05) is 52.1 Å². The van der Waals surface area contributed by atoms with Crippen LogP contribution in [0.4, 0.5) is 23.7 Å². The van der Waals surface area contributed by atoms with Crippen molar-refractivity contribution < 1.29 is 22.7 Å². The molecule has 2 amide bonds. The summed E-state index contributed by atoms with van der Waals surface area (Å²) in [5.74, 6) is 0. The highest BCUT2D eigenvalue weighted by molar-refractivity contribution is 5.89. The molecule has 0 saturated carbocycles. The van der Waals surface area contributed by atoms with Gasteiger partial charge >= 0.3 is 12.2 Å². The molecular formula is C16H22F3N3O2. The van der Waals surface area contributed by atoms with Crippen molar-refractivity contribution in [3.63, 3.8) is 0 Å². The van der Waals surface area contributed by atoms with Crippen LogP contribution in [0, 0.1) is 0 Å². The molecule has 0 atom stereocenters. The maximum Gasteiger partial charge on any atom is 0.416 e. The minimum atomic E-state index is -4.42. The normalized spacial score (nSPS) is 16.2. The lowest BCUT2D eigenvalue weighted by Crippen LogP contribution is -2.50. The van der Waals surface area contributed by atoms with Gasteiger partial charge in [-0.3, -0.25) is 4.90 Å². The molecule has 1 aromatic carbocycles. The van der Waals surface area contributed by atoms with Gasteiger partial charge in [-0.05, 0) is 24.6 Å². The Morgan fingerprint density at radius 3 is 2.58 bits per heavy atom. The number of urea groups is 1. The molecular weight excluding hydrogens is 323 g/mol. The van der Waals surface area contributed by atoms with Crippen LogP contribution in [0.2, 0.25) is 0 Å². The topological polar surface area (TPSA) is 44.8 Å². The van der Waals surface area contributed by atoms with Crippen molar-refractivity contribution in [1.29, 1.82) is 0 Å². The van der Waals surface area contributed by atoms with E-state index < -0.39 is 11.7 Å². The number of nitrogens with zero attached hydrogens (tertiary/aromatic N) is 2. The summed E-state index contributed by atoms with van der Waals surface area (Å²) in [4.78, 5) is 16.1. The lowest BCUT2D eigenvalue weighted by molar-refractivity contribution is -0.137. The molecule has 0 unspecified atom stereocenters. The molecule has 1 heterocycles. The Balaban J connectivity index is 1.84. The van der Waals surface area contributed by atoms with Crippen LogP contribution in [-0.2, 0) is 10.9 Å². The summed E-state index contributed by atoms with van der Waals surface area (Å²) in [6.07, 6.45) is -3.48. The van der Waals surface area contributed by atoms with Crippen molar-refractivity contribution in [2.45, 2.75) is 12.6 Å². The van der Waals surface area contributed by atoms with Gasteiger partial charge in [-0.25, -0.2) is 4.79 Å². The van der Waals surface area contributed by atoms with Gasteiger partial charge in [-0.15, -0.1) is 0 Å². The van der Waals surface area contributed by atoms with Crippen LogP contribution in [0.5, 0.6) is 0 Å². The second kappa shape index (κ2) is 8.34. The summed E-state index contributed by atoms with van der Waals surface area (Å²) >= 11 is 0. The number of nitrogens with one attached hydrogen (secondary N) is 1. The van der Waals surface area contributed by atoms with Crippen LogP contribution in [0.3, 0.4) is 0 Å². The number of rotatable bonds is 5. The van der Waals surface area contributed by atoms with Crippen LogP contribution in [0.15, 0.2) is 24.3 Å². The average Bonchev–Trinajstić information content (AvgIpc) is 2.55. The van der Waals surface area contributed by atoms with Crippen molar-refractivity contribution in [3.05, 3.63) is 29.8 Å². The number of alkyl halides is 3. The first-order valence-corrected chi connectivity index (χ1v) is 7.84. The predicted octanol–water partition coefficient (Wildman–Crippen LogP) is 2.89. The molecule has 0 spiro atoms. The third-order valence-corrected chi connectivity index (χ3v) is 3.92. The second-order valence-electron chi connectivity index (χ2n) is 5.68. The molecule has 0 radical (unpaired) electrons. The van der Waals surface area contributed by atoms with Crippen LogP contribution in [-0.4, -0.2) is 62.3 Å². The first-order valence-electron chi connectivity index (χ1n) is 7.84. The molecule has 1 aliphatic heterocycles. The summed E-state index contributed by atoms with van der Waals surface area (Å²) in [6, 6.07) is 4.29. The number of carbonyl (C=O) groups is 1. The smallest absolute Gasteiger partial charge is 0.385 e. The molecule has 1 fully saturated rings. The maximum atomic E-state index is 12.7. The predicted molar refractivity (Wildman–Crippen MR) is 85.0 cm³/mol. The van der Waals surface area contributed by atoms with Crippen LogP contribution in [0.1, 0.15) is 12.0 Å². The van der Waals surface area contributed by atoms with E-state index in [4.69, 9.17) is 4.74 Å². The quantitative estimate of drug-likeness (QED) is 0.835. The van der Waals surface area contributed by atoms with Gasteiger partial charge in [0.25, 0.3) is 0 Å². The van der Waals surface area contributed by atoms with Gasteiger partial charge in [0.1, 0.15) is 0 Å². The van der Waals surface area contributed by atoms with Crippen molar-refractivity contribution in [2.75, 3.05) is 51.8 Å². The molecule has 5 nitrogen and oxygen atoms in total. The van der Waals surface area contributed by atoms with Gasteiger partial charge in [0.05, 0.1) is 5.56 Å². The molecule has 1 aromatic rings. The first kappa shape index (κ1) is 18.5. The van der Waals surface area contributed by atoms with E-state index in [1.807, 2.05) is 0 Å². The van der Waals surface area contributed by atoms with Crippen LogP contribution >= 0.6 is 0 Å². The Kier molecular flexibility index (Phi) is 6.44. The highest BCUT2D eigenvalue weighted by atomic mass is 19.4. The van der Waals surface area contributed by atoms with E-state index >= 15 is 0 Å². The number of anilines is 1. The van der Waals surface area contributed by atoms with E-state index in [1.165, 1.54) is 12.1 Å². The monoisotopic (exact) mass is 345 g/mol. The number of piperazine rings is 1. The molecule has 134 valence electrons. The van der Waals surface area contributed by atoms with Gasteiger partial charge in [-0.1, -0.05) is 6.07 Å². The first-order chi connectivity index (χ1) is 11.4. The molecule has 0 aromatic heterocycles. The molecule has 1 saturated heterocycles. The summed E-state index contributed by atoms with van der Waals surface area (Å²) in [5, 5.41) is 2.54. The standard InChI is InChI=1S/C16H22F3N3O2/c1-24-11-3-6-21-7-9-22(10-8-21)15(23)20-14-5-2-4-13(12-14)16(17,18)19/h2,4-5,12H,3,6-11H2,1H3,(H,20,23). The van der Waals surface area contributed by atoms with Gasteiger partial charge in [-0.2, -0.15) is 13.2 Å². The fourth-order valence-electron chi connectivity index (χ4n) is 2.58. The number of halogens is 3. The van der Waals surface area contributed by atoms with Crippen molar-refractivity contribution in [3.8, 4) is 0 Å².